The number of amides is 2. The average molecular weight is 426 g/mol. The molecule has 0 atom stereocenters. The molecule has 0 spiro atoms. The van der Waals surface area contributed by atoms with E-state index in [-0.39, 0.29) is 29.9 Å². The third-order valence-corrected chi connectivity index (χ3v) is 4.94. The standard InChI is InChI=1S/C21H26N6O4/c1-13(2)12-26-19-14(5-8-16(28)25(3)10-4-9-22)11-23-27(19)21(31)17(20(26)30)18(29)24-15-6-7-15/h5,8,11,13,15,30H,4,6-7,10,12H2,1-3H3,(H,24,29). The second kappa shape index (κ2) is 9.04. The number of nitrogens with one attached hydrogen (secondary N) is 1. The van der Waals surface area contributed by atoms with Gasteiger partial charge in [0.15, 0.2) is 5.56 Å². The molecule has 1 fully saturated rings. The van der Waals surface area contributed by atoms with E-state index in [0.717, 1.165) is 17.4 Å². The third kappa shape index (κ3) is 4.77. The number of carbonyl (C=O) groups is 2. The molecule has 1 aliphatic carbocycles. The Morgan fingerprint density at radius 2 is 2.16 bits per heavy atom. The Morgan fingerprint density at radius 3 is 2.77 bits per heavy atom. The summed E-state index contributed by atoms with van der Waals surface area (Å²) >= 11 is 0. The first kappa shape index (κ1) is 22.1. The van der Waals surface area contributed by atoms with Crippen molar-refractivity contribution in [2.45, 2.75) is 45.7 Å². The van der Waals surface area contributed by atoms with Crippen molar-refractivity contribution >= 4 is 23.5 Å². The van der Waals surface area contributed by atoms with Crippen LogP contribution in [0.1, 0.15) is 49.0 Å². The number of fused-ring (bicyclic) bond motifs is 1. The Morgan fingerprint density at radius 1 is 1.45 bits per heavy atom. The Kier molecular flexibility index (Phi) is 6.44. The molecule has 1 aliphatic rings. The molecule has 2 N–H and O–H groups in total. The highest BCUT2D eigenvalue weighted by Crippen LogP contribution is 2.24. The molecular formula is C21H26N6O4. The van der Waals surface area contributed by atoms with Crippen LogP contribution in [-0.4, -0.2) is 55.6 Å². The summed E-state index contributed by atoms with van der Waals surface area (Å²) in [7, 11) is 1.59. The van der Waals surface area contributed by atoms with Gasteiger partial charge in [0.25, 0.3) is 11.5 Å². The lowest BCUT2D eigenvalue weighted by Crippen LogP contribution is -2.34. The second-order valence-electron chi connectivity index (χ2n) is 8.09. The summed E-state index contributed by atoms with van der Waals surface area (Å²) in [4.78, 5) is 39.2. The average Bonchev–Trinajstić information content (AvgIpc) is 3.42. The van der Waals surface area contributed by atoms with Crippen LogP contribution in [0, 0.1) is 17.2 Å². The molecule has 3 rings (SSSR count). The van der Waals surface area contributed by atoms with E-state index in [1.165, 1.54) is 27.8 Å². The van der Waals surface area contributed by atoms with Crippen LogP contribution in [0.3, 0.4) is 0 Å². The molecule has 2 amide bonds. The fourth-order valence-corrected chi connectivity index (χ4v) is 3.17. The molecule has 10 heteroatoms. The van der Waals surface area contributed by atoms with Crippen molar-refractivity contribution in [2.75, 3.05) is 13.6 Å². The summed E-state index contributed by atoms with van der Waals surface area (Å²) in [5.74, 6) is -1.25. The van der Waals surface area contributed by atoms with Crippen molar-refractivity contribution in [1.29, 1.82) is 5.26 Å². The van der Waals surface area contributed by atoms with E-state index in [4.69, 9.17) is 5.26 Å². The van der Waals surface area contributed by atoms with Crippen molar-refractivity contribution in [3.05, 3.63) is 33.8 Å². The molecule has 0 aromatic carbocycles. The number of aromatic nitrogens is 3. The van der Waals surface area contributed by atoms with Crippen molar-refractivity contribution < 1.29 is 14.7 Å². The summed E-state index contributed by atoms with van der Waals surface area (Å²) < 4.78 is 2.55. The van der Waals surface area contributed by atoms with Crippen LogP contribution in [0.5, 0.6) is 5.88 Å². The molecule has 0 unspecified atom stereocenters. The monoisotopic (exact) mass is 426 g/mol. The lowest BCUT2D eigenvalue weighted by Gasteiger charge is -2.17. The van der Waals surface area contributed by atoms with Gasteiger partial charge in [-0.05, 0) is 24.8 Å². The van der Waals surface area contributed by atoms with Crippen LogP contribution in [0.15, 0.2) is 17.1 Å². The largest absolute Gasteiger partial charge is 0.494 e. The first-order valence-electron chi connectivity index (χ1n) is 10.2. The highest BCUT2D eigenvalue weighted by Gasteiger charge is 2.29. The van der Waals surface area contributed by atoms with E-state index in [1.54, 1.807) is 7.05 Å². The number of carbonyl (C=O) groups excluding carboxylic acids is 2. The van der Waals surface area contributed by atoms with Gasteiger partial charge in [-0.15, -0.1) is 0 Å². The van der Waals surface area contributed by atoms with Crippen molar-refractivity contribution in [3.63, 3.8) is 0 Å². The molecule has 31 heavy (non-hydrogen) atoms. The predicted octanol–water partition coefficient (Wildman–Crippen LogP) is 1.14. The zero-order valence-electron chi connectivity index (χ0n) is 17.8. The van der Waals surface area contributed by atoms with E-state index in [9.17, 15) is 19.5 Å². The number of hydrogen-bond donors (Lipinski definition) is 2. The van der Waals surface area contributed by atoms with Gasteiger partial charge in [0, 0.05) is 37.8 Å². The van der Waals surface area contributed by atoms with Gasteiger partial charge in [0.05, 0.1) is 18.7 Å². The van der Waals surface area contributed by atoms with Crippen molar-refractivity contribution in [1.82, 2.24) is 24.4 Å². The normalized spacial score (nSPS) is 13.6. The highest BCUT2D eigenvalue weighted by atomic mass is 16.3. The number of likely N-dealkylation sites (N-methyl/N-ethyl adjacent to an activating group) is 1. The van der Waals surface area contributed by atoms with Gasteiger partial charge in [0.1, 0.15) is 5.65 Å². The second-order valence-corrected chi connectivity index (χ2v) is 8.09. The fraction of sp³-hybridized carbons (Fsp3) is 0.476. The molecule has 1 saturated carbocycles. The fourth-order valence-electron chi connectivity index (χ4n) is 3.17. The van der Waals surface area contributed by atoms with Crippen LogP contribution in [0.25, 0.3) is 11.7 Å². The summed E-state index contributed by atoms with van der Waals surface area (Å²) in [6.45, 7) is 4.52. The highest BCUT2D eigenvalue weighted by molar-refractivity contribution is 5.97. The lowest BCUT2D eigenvalue weighted by atomic mass is 10.2. The van der Waals surface area contributed by atoms with Gasteiger partial charge in [0.2, 0.25) is 11.8 Å². The zero-order valence-corrected chi connectivity index (χ0v) is 17.8. The summed E-state index contributed by atoms with van der Waals surface area (Å²) in [6, 6.07) is 2.01. The minimum absolute atomic E-state index is 0.0284. The van der Waals surface area contributed by atoms with E-state index in [2.05, 4.69) is 10.4 Å². The number of nitrogens with zero attached hydrogens (tertiary/aromatic N) is 5. The molecule has 2 heterocycles. The van der Waals surface area contributed by atoms with Gasteiger partial charge >= 0.3 is 0 Å². The van der Waals surface area contributed by atoms with Crippen LogP contribution in [0.2, 0.25) is 0 Å². The number of nitriles is 1. The first-order valence-corrected chi connectivity index (χ1v) is 10.2. The SMILES string of the molecule is CC(C)Cn1c(O)c(C(=O)NC2CC2)c(=O)n2ncc(C=CC(=O)N(C)CCC#N)c12. The quantitative estimate of drug-likeness (QED) is 0.608. The minimum Gasteiger partial charge on any atom is -0.494 e. The molecule has 0 radical (unpaired) electrons. The lowest BCUT2D eigenvalue weighted by molar-refractivity contribution is -0.124. The van der Waals surface area contributed by atoms with E-state index < -0.39 is 17.3 Å². The van der Waals surface area contributed by atoms with E-state index in [1.807, 2.05) is 19.9 Å². The van der Waals surface area contributed by atoms with E-state index in [0.29, 0.717) is 24.3 Å². The van der Waals surface area contributed by atoms with Crippen LogP contribution in [-0.2, 0) is 11.3 Å². The molecule has 10 nitrogen and oxygen atoms in total. The Hall–Kier alpha value is -3.61. The Balaban J connectivity index is 2.06. The minimum atomic E-state index is -0.720. The van der Waals surface area contributed by atoms with Gasteiger partial charge in [-0.25, -0.2) is 0 Å². The van der Waals surface area contributed by atoms with Crippen LogP contribution < -0.4 is 10.9 Å². The maximum absolute atomic E-state index is 12.9. The van der Waals surface area contributed by atoms with E-state index >= 15 is 0 Å². The maximum Gasteiger partial charge on any atom is 0.291 e. The van der Waals surface area contributed by atoms with Crippen LogP contribution in [0.4, 0.5) is 0 Å². The number of aromatic hydroxyl groups is 1. The smallest absolute Gasteiger partial charge is 0.291 e. The molecular weight excluding hydrogens is 400 g/mol. The van der Waals surface area contributed by atoms with Crippen molar-refractivity contribution in [3.8, 4) is 11.9 Å². The van der Waals surface area contributed by atoms with Gasteiger partial charge in [-0.3, -0.25) is 19.0 Å². The van der Waals surface area contributed by atoms with Crippen LogP contribution >= 0.6 is 0 Å². The summed E-state index contributed by atoms with van der Waals surface area (Å²) in [5, 5.41) is 26.4. The Labute approximate surface area is 179 Å². The third-order valence-electron chi connectivity index (χ3n) is 4.94. The Bertz CT molecular complexity index is 1130. The van der Waals surface area contributed by atoms with Crippen molar-refractivity contribution in [2.24, 2.45) is 5.92 Å². The molecule has 0 bridgehead atoms. The first-order chi connectivity index (χ1) is 14.7. The molecule has 2 aromatic heterocycles. The van der Waals surface area contributed by atoms with Gasteiger partial charge in [-0.2, -0.15) is 14.9 Å². The van der Waals surface area contributed by atoms with Gasteiger partial charge < -0.3 is 15.3 Å². The zero-order chi connectivity index (χ0) is 22.7. The summed E-state index contributed by atoms with van der Waals surface area (Å²) in [6.07, 6.45) is 6.16. The molecule has 2 aromatic rings. The molecule has 0 saturated heterocycles. The molecule has 164 valence electrons. The topological polar surface area (TPSA) is 133 Å². The number of hydrogen-bond acceptors (Lipinski definition) is 6. The summed E-state index contributed by atoms with van der Waals surface area (Å²) in [5.41, 5.74) is -0.319. The predicted molar refractivity (Wildman–Crippen MR) is 113 cm³/mol. The number of rotatable bonds is 8. The molecule has 0 aliphatic heterocycles. The van der Waals surface area contributed by atoms with Gasteiger partial charge in [-0.1, -0.05) is 13.8 Å². The maximum atomic E-state index is 12.9.